The van der Waals surface area contributed by atoms with E-state index in [0.29, 0.717) is 53.1 Å². The van der Waals surface area contributed by atoms with E-state index in [9.17, 15) is 14.4 Å². The van der Waals surface area contributed by atoms with Crippen molar-refractivity contribution in [2.75, 3.05) is 20.1 Å². The Labute approximate surface area is 289 Å². The molecule has 10 heteroatoms. The molecule has 3 heterocycles. The van der Waals surface area contributed by atoms with E-state index in [1.807, 2.05) is 47.4 Å². The Bertz CT molecular complexity index is 2070. The summed E-state index contributed by atoms with van der Waals surface area (Å²) in [5.74, 6) is -0.0975. The van der Waals surface area contributed by atoms with Gasteiger partial charge >= 0.3 is 0 Å². The highest BCUT2D eigenvalue weighted by atomic mass is 35.5. The molecule has 1 aliphatic carbocycles. The van der Waals surface area contributed by atoms with Crippen LogP contribution in [0.25, 0.3) is 21.8 Å². The van der Waals surface area contributed by atoms with Gasteiger partial charge in [0.25, 0.3) is 11.5 Å². The first-order valence-corrected chi connectivity index (χ1v) is 17.4. The fourth-order valence-corrected chi connectivity index (χ4v) is 7.69. The van der Waals surface area contributed by atoms with E-state index < -0.39 is 6.04 Å². The minimum absolute atomic E-state index is 0.0781. The van der Waals surface area contributed by atoms with Gasteiger partial charge in [-0.2, -0.15) is 0 Å². The average molecular weight is 683 g/mol. The lowest BCUT2D eigenvalue weighted by Crippen LogP contribution is -2.52. The maximum Gasteiger partial charge on any atom is 0.261 e. The molecule has 0 saturated carbocycles. The number of likely N-dealkylation sites (N-methyl/N-ethyl adjacent to an activating group) is 1. The smallest absolute Gasteiger partial charge is 0.261 e. The molecule has 0 N–H and O–H groups in total. The van der Waals surface area contributed by atoms with E-state index in [2.05, 4.69) is 4.98 Å². The van der Waals surface area contributed by atoms with Crippen molar-refractivity contribution >= 4 is 56.8 Å². The van der Waals surface area contributed by atoms with Crippen molar-refractivity contribution in [2.24, 2.45) is 5.92 Å². The predicted octanol–water partition coefficient (Wildman–Crippen LogP) is 6.75. The lowest BCUT2D eigenvalue weighted by Gasteiger charge is -2.37. The fourth-order valence-electron chi connectivity index (χ4n) is 7.16. The van der Waals surface area contributed by atoms with Crippen molar-refractivity contribution in [2.45, 2.75) is 57.5 Å². The number of carbonyl (C=O) groups excluding carboxylic acids is 2. The highest BCUT2D eigenvalue weighted by molar-refractivity contribution is 6.36. The number of nitrogens with zero attached hydrogens (tertiary/aromatic N) is 5. The second-order valence-corrected chi connectivity index (χ2v) is 13.9. The monoisotopic (exact) mass is 681 g/mol. The van der Waals surface area contributed by atoms with Gasteiger partial charge in [-0.1, -0.05) is 59.6 Å². The topological polar surface area (TPSA) is 88.4 Å². The number of fused-ring (bicyclic) bond motifs is 3. The number of likely N-dealkylation sites (tertiary alicyclic amines) is 1. The summed E-state index contributed by atoms with van der Waals surface area (Å²) in [6.07, 6.45) is 7.47. The first-order valence-electron chi connectivity index (χ1n) is 16.6. The molecule has 2 amide bonds. The van der Waals surface area contributed by atoms with Gasteiger partial charge in [0.05, 0.1) is 27.8 Å². The summed E-state index contributed by atoms with van der Waals surface area (Å²) < 4.78 is 1.66. The van der Waals surface area contributed by atoms with Crippen molar-refractivity contribution in [1.82, 2.24) is 24.3 Å². The minimum Gasteiger partial charge on any atom is -0.341 e. The predicted molar refractivity (Wildman–Crippen MR) is 190 cm³/mol. The number of piperidine rings is 1. The Morgan fingerprint density at radius 1 is 0.938 bits per heavy atom. The molecule has 1 saturated heterocycles. The highest BCUT2D eigenvalue weighted by Crippen LogP contribution is 2.33. The third kappa shape index (κ3) is 6.43. The molecule has 0 spiro atoms. The molecule has 0 radical (unpaired) electrons. The maximum absolute atomic E-state index is 14.2. The Morgan fingerprint density at radius 2 is 1.69 bits per heavy atom. The molecule has 7 rings (SSSR count). The minimum atomic E-state index is -0.689. The third-order valence-electron chi connectivity index (χ3n) is 9.95. The van der Waals surface area contributed by atoms with E-state index in [-0.39, 0.29) is 23.3 Å². The number of halogens is 2. The number of hydrogen-bond acceptors (Lipinski definition) is 5. The van der Waals surface area contributed by atoms with Crippen molar-refractivity contribution in [3.8, 4) is 0 Å². The van der Waals surface area contributed by atoms with Crippen LogP contribution in [-0.2, 0) is 30.6 Å². The van der Waals surface area contributed by atoms with Gasteiger partial charge in [-0.3, -0.25) is 23.9 Å². The summed E-state index contributed by atoms with van der Waals surface area (Å²) in [5.41, 5.74) is 4.79. The number of aryl methyl sites for hydroxylation is 1. The average Bonchev–Trinajstić information content (AvgIpc) is 3.11. The number of amides is 2. The van der Waals surface area contributed by atoms with E-state index in [1.165, 1.54) is 0 Å². The third-order valence-corrected chi connectivity index (χ3v) is 10.6. The van der Waals surface area contributed by atoms with Crippen LogP contribution in [0.4, 0.5) is 0 Å². The largest absolute Gasteiger partial charge is 0.341 e. The molecule has 0 unspecified atom stereocenters. The van der Waals surface area contributed by atoms with Crippen LogP contribution in [-0.4, -0.2) is 62.3 Å². The van der Waals surface area contributed by atoms with Gasteiger partial charge in [0.15, 0.2) is 0 Å². The van der Waals surface area contributed by atoms with Crippen LogP contribution in [0.1, 0.15) is 52.9 Å². The first kappa shape index (κ1) is 32.3. The van der Waals surface area contributed by atoms with Crippen LogP contribution in [0.2, 0.25) is 10.0 Å². The summed E-state index contributed by atoms with van der Waals surface area (Å²) in [5, 5.41) is 2.66. The Kier molecular flexibility index (Phi) is 9.21. The van der Waals surface area contributed by atoms with Gasteiger partial charge in [-0.05, 0) is 85.9 Å². The Hall–Kier alpha value is -4.27. The van der Waals surface area contributed by atoms with Crippen LogP contribution in [0.3, 0.4) is 0 Å². The molecule has 1 fully saturated rings. The molecule has 1 atom stereocenters. The lowest BCUT2D eigenvalue weighted by molar-refractivity contribution is -0.137. The number of benzene rings is 3. The van der Waals surface area contributed by atoms with E-state index >= 15 is 0 Å². The Morgan fingerprint density at radius 3 is 2.48 bits per heavy atom. The van der Waals surface area contributed by atoms with Crippen LogP contribution in [0.5, 0.6) is 0 Å². The molecule has 1 aliphatic heterocycles. The normalized spacial score (nSPS) is 15.8. The summed E-state index contributed by atoms with van der Waals surface area (Å²) in [6.45, 7) is 1.62. The lowest BCUT2D eigenvalue weighted by atomic mass is 9.94. The van der Waals surface area contributed by atoms with Gasteiger partial charge in [0, 0.05) is 54.8 Å². The number of aromatic nitrogens is 3. The van der Waals surface area contributed by atoms with Gasteiger partial charge < -0.3 is 9.80 Å². The molecule has 48 heavy (non-hydrogen) atoms. The van der Waals surface area contributed by atoms with Crippen molar-refractivity contribution < 1.29 is 9.59 Å². The van der Waals surface area contributed by atoms with Crippen molar-refractivity contribution in [3.63, 3.8) is 0 Å². The van der Waals surface area contributed by atoms with Gasteiger partial charge in [0.1, 0.15) is 6.04 Å². The van der Waals surface area contributed by atoms with Gasteiger partial charge in [0.2, 0.25) is 5.91 Å². The molecule has 2 aromatic heterocycles. The SMILES string of the molecule is CN(C(=O)c1ccc2c(Cl)c3c(nc2c1)CCCC3)[C@@H](Cc1ccccc1)C(=O)N1CCC(Cn2cnc3cc(Cl)ccc3c2=O)CC1. The first-order chi connectivity index (χ1) is 23.3. The highest BCUT2D eigenvalue weighted by Gasteiger charge is 2.34. The van der Waals surface area contributed by atoms with E-state index in [4.69, 9.17) is 28.2 Å². The molecule has 0 bridgehead atoms. The van der Waals surface area contributed by atoms with Crippen LogP contribution in [0, 0.1) is 5.92 Å². The van der Waals surface area contributed by atoms with Crippen molar-refractivity contribution in [1.29, 1.82) is 0 Å². The Balaban J connectivity index is 1.08. The number of hydrogen-bond donors (Lipinski definition) is 0. The zero-order valence-electron chi connectivity index (χ0n) is 26.9. The zero-order chi connectivity index (χ0) is 33.4. The van der Waals surface area contributed by atoms with Crippen LogP contribution in [0.15, 0.2) is 77.9 Å². The summed E-state index contributed by atoms with van der Waals surface area (Å²) in [4.78, 5) is 54.2. The number of carbonyl (C=O) groups is 2. The zero-order valence-corrected chi connectivity index (χ0v) is 28.4. The van der Waals surface area contributed by atoms with Crippen LogP contribution < -0.4 is 5.56 Å². The van der Waals surface area contributed by atoms with E-state index in [1.54, 1.807) is 47.1 Å². The van der Waals surface area contributed by atoms with Gasteiger partial charge in [-0.25, -0.2) is 4.98 Å². The quantitative estimate of drug-likeness (QED) is 0.190. The van der Waals surface area contributed by atoms with Crippen LogP contribution >= 0.6 is 23.2 Å². The molecule has 5 aromatic rings. The summed E-state index contributed by atoms with van der Waals surface area (Å²) >= 11 is 12.9. The molecular weight excluding hydrogens is 645 g/mol. The van der Waals surface area contributed by atoms with Gasteiger partial charge in [-0.15, -0.1) is 0 Å². The number of rotatable bonds is 7. The second-order valence-electron chi connectivity index (χ2n) is 13.0. The maximum atomic E-state index is 14.2. The fraction of sp³-hybridized carbons (Fsp3) is 0.342. The van der Waals surface area contributed by atoms with Crippen molar-refractivity contribution in [3.05, 3.63) is 116 Å². The standard InChI is InChI=1S/C38H37Cl2N5O3/c1-43(36(46)26-11-13-29-33(20-26)42-31-10-6-5-9-28(31)35(29)40)34(19-24-7-3-2-4-8-24)38(48)44-17-15-25(16-18-44)22-45-23-41-32-21-27(39)12-14-30(32)37(45)47/h2-4,7-8,11-14,20-21,23,25,34H,5-6,9-10,15-19,22H2,1H3/t34-/m0/s1. The second kappa shape index (κ2) is 13.7. The molecule has 2 aliphatic rings. The van der Waals surface area contributed by atoms with E-state index in [0.717, 1.165) is 65.8 Å². The summed E-state index contributed by atoms with van der Waals surface area (Å²) in [7, 11) is 1.71. The molecule has 3 aromatic carbocycles. The summed E-state index contributed by atoms with van der Waals surface area (Å²) in [6, 6.07) is 19.7. The molecule has 8 nitrogen and oxygen atoms in total. The number of pyridine rings is 1. The molecular formula is C38H37Cl2N5O3. The molecule has 246 valence electrons.